The Labute approximate surface area is 94.9 Å². The molecule has 0 atom stereocenters. The van der Waals surface area contributed by atoms with E-state index in [1.807, 2.05) is 37.4 Å². The molecule has 0 saturated carbocycles. The minimum absolute atomic E-state index is 0.749. The number of anilines is 1. The molecule has 0 aliphatic carbocycles. The lowest BCUT2D eigenvalue weighted by Gasteiger charge is -2.08. The molecule has 0 saturated heterocycles. The van der Waals surface area contributed by atoms with Crippen LogP contribution >= 0.6 is 0 Å². The summed E-state index contributed by atoms with van der Waals surface area (Å²) in [5.41, 5.74) is 9.81. The van der Waals surface area contributed by atoms with Crippen LogP contribution in [0.2, 0.25) is 0 Å². The third-order valence-electron chi connectivity index (χ3n) is 2.52. The molecular weight excluding hydrogens is 200 g/mol. The smallest absolute Gasteiger partial charge is 0.137 e. The fourth-order valence-electron chi connectivity index (χ4n) is 1.63. The van der Waals surface area contributed by atoms with Crippen molar-refractivity contribution in [1.29, 1.82) is 0 Å². The Bertz CT molecular complexity index is 509. The van der Waals surface area contributed by atoms with Gasteiger partial charge in [-0.25, -0.2) is 0 Å². The molecule has 1 heterocycles. The number of nitrogens with two attached hydrogens (primary N) is 1. The molecule has 0 amide bonds. The van der Waals surface area contributed by atoms with Crippen molar-refractivity contribution >= 4 is 5.69 Å². The Morgan fingerprint density at radius 2 is 2.00 bits per heavy atom. The Hall–Kier alpha value is -2.03. The lowest BCUT2D eigenvalue weighted by Crippen LogP contribution is -1.91. The van der Waals surface area contributed by atoms with Crippen LogP contribution in [0.4, 0.5) is 5.69 Å². The fraction of sp³-hybridized carbons (Fsp3) is 0.154. The number of hydrogen-bond donors (Lipinski definition) is 1. The molecule has 3 nitrogen and oxygen atoms in total. The molecule has 3 heteroatoms. The van der Waals surface area contributed by atoms with Crippen LogP contribution in [0.3, 0.4) is 0 Å². The lowest BCUT2D eigenvalue weighted by atomic mass is 10.0. The van der Waals surface area contributed by atoms with E-state index in [1.54, 1.807) is 13.3 Å². The number of rotatable bonds is 2. The zero-order valence-corrected chi connectivity index (χ0v) is 9.40. The van der Waals surface area contributed by atoms with E-state index in [0.717, 1.165) is 22.6 Å². The van der Waals surface area contributed by atoms with Crippen molar-refractivity contribution in [2.45, 2.75) is 6.92 Å². The van der Waals surface area contributed by atoms with E-state index in [-0.39, 0.29) is 0 Å². The van der Waals surface area contributed by atoms with Crippen LogP contribution in [0.5, 0.6) is 5.75 Å². The predicted octanol–water partition coefficient (Wildman–Crippen LogP) is 2.65. The second-order valence-corrected chi connectivity index (χ2v) is 3.69. The standard InChI is InChI=1S/C13H14N2O/c1-9-3-4-11(14)6-13(9)10-5-12(16-2)8-15-7-10/h3-8H,14H2,1-2H3. The van der Waals surface area contributed by atoms with Gasteiger partial charge in [0.2, 0.25) is 0 Å². The number of ether oxygens (including phenoxy) is 1. The largest absolute Gasteiger partial charge is 0.495 e. The summed E-state index contributed by atoms with van der Waals surface area (Å²) in [5.74, 6) is 0.749. The van der Waals surface area contributed by atoms with Crippen LogP contribution in [0.15, 0.2) is 36.7 Å². The molecular formula is C13H14N2O. The number of hydrogen-bond acceptors (Lipinski definition) is 3. The quantitative estimate of drug-likeness (QED) is 0.782. The van der Waals surface area contributed by atoms with E-state index < -0.39 is 0 Å². The van der Waals surface area contributed by atoms with Crippen molar-refractivity contribution < 1.29 is 4.74 Å². The highest BCUT2D eigenvalue weighted by Crippen LogP contribution is 2.27. The van der Waals surface area contributed by atoms with Gasteiger partial charge in [-0.15, -0.1) is 0 Å². The molecule has 0 spiro atoms. The molecule has 0 aliphatic heterocycles. The first-order valence-electron chi connectivity index (χ1n) is 5.06. The molecule has 2 aromatic rings. The highest BCUT2D eigenvalue weighted by atomic mass is 16.5. The SMILES string of the molecule is COc1cncc(-c2cc(N)ccc2C)c1. The van der Waals surface area contributed by atoms with Gasteiger partial charge in [-0.3, -0.25) is 4.98 Å². The van der Waals surface area contributed by atoms with Gasteiger partial charge in [-0.05, 0) is 36.2 Å². The number of pyridine rings is 1. The highest BCUT2D eigenvalue weighted by molar-refractivity contribution is 5.71. The van der Waals surface area contributed by atoms with E-state index in [0.29, 0.717) is 0 Å². The molecule has 2 rings (SSSR count). The van der Waals surface area contributed by atoms with Crippen molar-refractivity contribution in [3.8, 4) is 16.9 Å². The maximum absolute atomic E-state index is 5.78. The monoisotopic (exact) mass is 214 g/mol. The molecule has 1 aromatic heterocycles. The summed E-state index contributed by atoms with van der Waals surface area (Å²) >= 11 is 0. The average Bonchev–Trinajstić information content (AvgIpc) is 2.32. The summed E-state index contributed by atoms with van der Waals surface area (Å²) in [6.07, 6.45) is 3.50. The van der Waals surface area contributed by atoms with Gasteiger partial charge in [0.1, 0.15) is 5.75 Å². The van der Waals surface area contributed by atoms with Crippen LogP contribution < -0.4 is 10.5 Å². The van der Waals surface area contributed by atoms with Crippen LogP contribution in [0, 0.1) is 6.92 Å². The first kappa shape index (κ1) is 10.5. The molecule has 0 bridgehead atoms. The normalized spacial score (nSPS) is 10.1. The van der Waals surface area contributed by atoms with Gasteiger partial charge in [0.25, 0.3) is 0 Å². The second-order valence-electron chi connectivity index (χ2n) is 3.69. The van der Waals surface area contributed by atoms with Crippen LogP contribution in [-0.2, 0) is 0 Å². The van der Waals surface area contributed by atoms with Crippen LogP contribution in [0.1, 0.15) is 5.56 Å². The first-order chi connectivity index (χ1) is 7.70. The summed E-state index contributed by atoms with van der Waals surface area (Å²) < 4.78 is 5.15. The van der Waals surface area contributed by atoms with Crippen molar-refractivity contribution in [2.24, 2.45) is 0 Å². The summed E-state index contributed by atoms with van der Waals surface area (Å²) in [7, 11) is 1.63. The Balaban J connectivity index is 2.53. The van der Waals surface area contributed by atoms with Crippen molar-refractivity contribution in [1.82, 2.24) is 4.98 Å². The highest BCUT2D eigenvalue weighted by Gasteiger charge is 2.04. The first-order valence-corrected chi connectivity index (χ1v) is 5.06. The molecule has 0 radical (unpaired) electrons. The molecule has 1 aromatic carbocycles. The summed E-state index contributed by atoms with van der Waals surface area (Å²) in [6, 6.07) is 7.80. The maximum atomic E-state index is 5.78. The predicted molar refractivity (Wildman–Crippen MR) is 65.4 cm³/mol. The zero-order chi connectivity index (χ0) is 11.5. The number of benzene rings is 1. The maximum Gasteiger partial charge on any atom is 0.137 e. The van der Waals surface area contributed by atoms with E-state index in [2.05, 4.69) is 4.98 Å². The Morgan fingerprint density at radius 1 is 1.19 bits per heavy atom. The molecule has 0 aliphatic rings. The van der Waals surface area contributed by atoms with Gasteiger partial charge < -0.3 is 10.5 Å². The minimum Gasteiger partial charge on any atom is -0.495 e. The Kier molecular flexibility index (Phi) is 2.77. The van der Waals surface area contributed by atoms with E-state index in [4.69, 9.17) is 10.5 Å². The zero-order valence-electron chi connectivity index (χ0n) is 9.40. The Morgan fingerprint density at radius 3 is 2.75 bits per heavy atom. The summed E-state index contributed by atoms with van der Waals surface area (Å²) in [4.78, 5) is 4.14. The fourth-order valence-corrected chi connectivity index (χ4v) is 1.63. The molecule has 0 unspecified atom stereocenters. The van der Waals surface area contributed by atoms with Crippen molar-refractivity contribution in [2.75, 3.05) is 12.8 Å². The van der Waals surface area contributed by atoms with Gasteiger partial charge in [-0.2, -0.15) is 0 Å². The van der Waals surface area contributed by atoms with E-state index in [1.165, 1.54) is 5.56 Å². The average molecular weight is 214 g/mol. The topological polar surface area (TPSA) is 48.1 Å². The number of aryl methyl sites for hydroxylation is 1. The summed E-state index contributed by atoms with van der Waals surface area (Å²) in [5, 5.41) is 0. The van der Waals surface area contributed by atoms with Gasteiger partial charge in [-0.1, -0.05) is 6.07 Å². The minimum atomic E-state index is 0.749. The number of nitrogen functional groups attached to an aromatic ring is 1. The number of nitrogens with zero attached hydrogens (tertiary/aromatic N) is 1. The molecule has 2 N–H and O–H groups in total. The van der Waals surface area contributed by atoms with Gasteiger partial charge in [0.15, 0.2) is 0 Å². The number of methoxy groups -OCH3 is 1. The third-order valence-corrected chi connectivity index (χ3v) is 2.52. The lowest BCUT2D eigenvalue weighted by molar-refractivity contribution is 0.413. The molecule has 0 fully saturated rings. The van der Waals surface area contributed by atoms with Crippen LogP contribution in [0.25, 0.3) is 11.1 Å². The van der Waals surface area contributed by atoms with Gasteiger partial charge >= 0.3 is 0 Å². The molecule has 16 heavy (non-hydrogen) atoms. The van der Waals surface area contributed by atoms with Gasteiger partial charge in [0, 0.05) is 17.4 Å². The summed E-state index contributed by atoms with van der Waals surface area (Å²) in [6.45, 7) is 2.05. The van der Waals surface area contributed by atoms with Crippen molar-refractivity contribution in [3.05, 3.63) is 42.2 Å². The molecule has 82 valence electrons. The van der Waals surface area contributed by atoms with E-state index in [9.17, 15) is 0 Å². The van der Waals surface area contributed by atoms with Gasteiger partial charge in [0.05, 0.1) is 13.3 Å². The number of aromatic nitrogens is 1. The van der Waals surface area contributed by atoms with Crippen molar-refractivity contribution in [3.63, 3.8) is 0 Å². The second kappa shape index (κ2) is 4.23. The third kappa shape index (κ3) is 1.98. The van der Waals surface area contributed by atoms with E-state index >= 15 is 0 Å². The van der Waals surface area contributed by atoms with Crippen LogP contribution in [-0.4, -0.2) is 12.1 Å².